The largest absolute Gasteiger partial charge is 0.505 e. The SMILES string of the molecule is Cc1ncsc1CNC(=O)c1cccc(N)c1O. The van der Waals surface area contributed by atoms with Crippen LogP contribution in [0, 0.1) is 6.92 Å². The van der Waals surface area contributed by atoms with E-state index in [1.807, 2.05) is 6.92 Å². The van der Waals surface area contributed by atoms with Crippen molar-refractivity contribution < 1.29 is 9.90 Å². The van der Waals surface area contributed by atoms with Gasteiger partial charge >= 0.3 is 0 Å². The number of nitrogens with zero attached hydrogens (tertiary/aromatic N) is 1. The molecular formula is C12H13N3O2S. The summed E-state index contributed by atoms with van der Waals surface area (Å²) in [7, 11) is 0. The second-order valence-corrected chi connectivity index (χ2v) is 4.73. The number of amides is 1. The number of anilines is 1. The molecule has 18 heavy (non-hydrogen) atoms. The molecule has 5 nitrogen and oxygen atoms in total. The first-order valence-electron chi connectivity index (χ1n) is 5.34. The molecule has 0 aliphatic heterocycles. The first-order chi connectivity index (χ1) is 8.59. The van der Waals surface area contributed by atoms with Gasteiger partial charge in [0.2, 0.25) is 0 Å². The number of nitrogen functional groups attached to an aromatic ring is 1. The fourth-order valence-electron chi connectivity index (χ4n) is 1.50. The normalized spacial score (nSPS) is 10.3. The summed E-state index contributed by atoms with van der Waals surface area (Å²) in [6.07, 6.45) is 0. The van der Waals surface area contributed by atoms with Crippen molar-refractivity contribution in [3.63, 3.8) is 0 Å². The molecule has 2 aromatic rings. The summed E-state index contributed by atoms with van der Waals surface area (Å²) in [5.41, 5.74) is 8.54. The monoisotopic (exact) mass is 263 g/mol. The van der Waals surface area contributed by atoms with Gasteiger partial charge in [-0.25, -0.2) is 4.98 Å². The van der Waals surface area contributed by atoms with Crippen molar-refractivity contribution in [3.8, 4) is 5.75 Å². The van der Waals surface area contributed by atoms with E-state index < -0.39 is 0 Å². The molecule has 1 heterocycles. The number of aromatic hydroxyl groups is 1. The molecule has 4 N–H and O–H groups in total. The third-order valence-electron chi connectivity index (χ3n) is 2.57. The summed E-state index contributed by atoms with van der Waals surface area (Å²) in [4.78, 5) is 17.0. The highest BCUT2D eigenvalue weighted by atomic mass is 32.1. The molecule has 0 fully saturated rings. The summed E-state index contributed by atoms with van der Waals surface area (Å²) < 4.78 is 0. The van der Waals surface area contributed by atoms with Gasteiger partial charge in [-0.15, -0.1) is 11.3 Å². The Morgan fingerprint density at radius 1 is 1.56 bits per heavy atom. The zero-order valence-electron chi connectivity index (χ0n) is 9.80. The molecule has 94 valence electrons. The van der Waals surface area contributed by atoms with E-state index in [-0.39, 0.29) is 22.9 Å². The third kappa shape index (κ3) is 2.43. The Hall–Kier alpha value is -2.08. The third-order valence-corrected chi connectivity index (χ3v) is 3.50. The van der Waals surface area contributed by atoms with Gasteiger partial charge in [0, 0.05) is 4.88 Å². The Kier molecular flexibility index (Phi) is 3.47. The number of rotatable bonds is 3. The highest BCUT2D eigenvalue weighted by Crippen LogP contribution is 2.24. The molecule has 1 aromatic carbocycles. The predicted molar refractivity (Wildman–Crippen MR) is 70.5 cm³/mol. The first-order valence-corrected chi connectivity index (χ1v) is 6.22. The lowest BCUT2D eigenvalue weighted by Gasteiger charge is -2.07. The van der Waals surface area contributed by atoms with Crippen molar-refractivity contribution in [2.45, 2.75) is 13.5 Å². The molecule has 1 aromatic heterocycles. The molecule has 2 rings (SSSR count). The average molecular weight is 263 g/mol. The van der Waals surface area contributed by atoms with Gasteiger partial charge in [0.1, 0.15) is 0 Å². The fraction of sp³-hybridized carbons (Fsp3) is 0.167. The number of aromatic nitrogens is 1. The molecule has 0 aliphatic rings. The van der Waals surface area contributed by atoms with E-state index in [1.54, 1.807) is 17.6 Å². The van der Waals surface area contributed by atoms with Gasteiger partial charge in [-0.1, -0.05) is 6.07 Å². The maximum atomic E-state index is 11.9. The minimum absolute atomic E-state index is 0.178. The summed E-state index contributed by atoms with van der Waals surface area (Å²) in [6.45, 7) is 2.28. The van der Waals surface area contributed by atoms with Crippen molar-refractivity contribution in [2.75, 3.05) is 5.73 Å². The molecule has 0 bridgehead atoms. The molecule has 0 aliphatic carbocycles. The summed E-state index contributed by atoms with van der Waals surface area (Å²) in [5, 5.41) is 12.4. The fourth-order valence-corrected chi connectivity index (χ4v) is 2.21. The molecule has 0 radical (unpaired) electrons. The quantitative estimate of drug-likeness (QED) is 0.580. The lowest BCUT2D eigenvalue weighted by molar-refractivity contribution is 0.0948. The number of carbonyl (C=O) groups is 1. The average Bonchev–Trinajstić information content (AvgIpc) is 2.75. The van der Waals surface area contributed by atoms with E-state index in [1.165, 1.54) is 17.4 Å². The smallest absolute Gasteiger partial charge is 0.255 e. The van der Waals surface area contributed by atoms with Crippen molar-refractivity contribution in [3.05, 3.63) is 39.8 Å². The zero-order chi connectivity index (χ0) is 13.1. The van der Waals surface area contributed by atoms with Gasteiger partial charge < -0.3 is 16.2 Å². The Morgan fingerprint density at radius 3 is 3.00 bits per heavy atom. The molecule has 0 saturated heterocycles. The van der Waals surface area contributed by atoms with E-state index in [4.69, 9.17) is 5.73 Å². The van der Waals surface area contributed by atoms with Crippen LogP contribution in [0.1, 0.15) is 20.9 Å². The van der Waals surface area contributed by atoms with Crippen LogP contribution < -0.4 is 11.1 Å². The van der Waals surface area contributed by atoms with E-state index in [0.717, 1.165) is 10.6 Å². The predicted octanol–water partition coefficient (Wildman–Crippen LogP) is 1.67. The van der Waals surface area contributed by atoms with Crippen LogP contribution in [0.5, 0.6) is 5.75 Å². The maximum absolute atomic E-state index is 11.9. The van der Waals surface area contributed by atoms with E-state index in [0.29, 0.717) is 6.54 Å². The lowest BCUT2D eigenvalue weighted by atomic mass is 10.1. The van der Waals surface area contributed by atoms with Crippen LogP contribution in [0.15, 0.2) is 23.7 Å². The summed E-state index contributed by atoms with van der Waals surface area (Å²) in [6, 6.07) is 4.70. The van der Waals surface area contributed by atoms with Crippen LogP contribution in [-0.4, -0.2) is 16.0 Å². The van der Waals surface area contributed by atoms with Crippen molar-refractivity contribution in [1.82, 2.24) is 10.3 Å². The Morgan fingerprint density at radius 2 is 2.33 bits per heavy atom. The highest BCUT2D eigenvalue weighted by molar-refractivity contribution is 7.09. The van der Waals surface area contributed by atoms with Gasteiger partial charge in [-0.05, 0) is 19.1 Å². The number of hydrogen-bond donors (Lipinski definition) is 3. The molecule has 0 saturated carbocycles. The van der Waals surface area contributed by atoms with Gasteiger partial charge in [-0.3, -0.25) is 4.79 Å². The van der Waals surface area contributed by atoms with Crippen molar-refractivity contribution in [2.24, 2.45) is 0 Å². The number of phenols is 1. The van der Waals surface area contributed by atoms with Crippen LogP contribution in [0.25, 0.3) is 0 Å². The van der Waals surface area contributed by atoms with E-state index in [9.17, 15) is 9.90 Å². The van der Waals surface area contributed by atoms with Crippen molar-refractivity contribution in [1.29, 1.82) is 0 Å². The summed E-state index contributed by atoms with van der Waals surface area (Å²) >= 11 is 1.48. The van der Waals surface area contributed by atoms with E-state index in [2.05, 4.69) is 10.3 Å². The number of nitrogens with one attached hydrogen (secondary N) is 1. The minimum Gasteiger partial charge on any atom is -0.505 e. The van der Waals surface area contributed by atoms with Crippen LogP contribution in [0.2, 0.25) is 0 Å². The topological polar surface area (TPSA) is 88.2 Å². The number of aryl methyl sites for hydroxylation is 1. The Bertz CT molecular complexity index is 580. The number of hydrogen-bond acceptors (Lipinski definition) is 5. The number of thiazole rings is 1. The second kappa shape index (κ2) is 5.05. The Labute approximate surface area is 108 Å². The lowest BCUT2D eigenvalue weighted by Crippen LogP contribution is -2.22. The van der Waals surface area contributed by atoms with Gasteiger partial charge in [-0.2, -0.15) is 0 Å². The number of benzene rings is 1. The standard InChI is InChI=1S/C12H13N3O2S/c1-7-10(18-6-15-7)5-14-12(17)8-3-2-4-9(13)11(8)16/h2-4,6,16H,5,13H2,1H3,(H,14,17). The number of para-hydroxylation sites is 1. The van der Waals surface area contributed by atoms with Gasteiger partial charge in [0.15, 0.2) is 5.75 Å². The molecule has 0 spiro atoms. The zero-order valence-corrected chi connectivity index (χ0v) is 10.6. The van der Waals surface area contributed by atoms with Crippen molar-refractivity contribution >= 4 is 22.9 Å². The minimum atomic E-state index is -0.354. The molecule has 0 atom stereocenters. The molecule has 0 unspecified atom stereocenters. The highest BCUT2D eigenvalue weighted by Gasteiger charge is 2.13. The van der Waals surface area contributed by atoms with Crippen LogP contribution in [-0.2, 0) is 6.54 Å². The number of carbonyl (C=O) groups excluding carboxylic acids is 1. The first kappa shape index (κ1) is 12.4. The van der Waals surface area contributed by atoms with E-state index >= 15 is 0 Å². The van der Waals surface area contributed by atoms with Crippen LogP contribution in [0.3, 0.4) is 0 Å². The molecule has 1 amide bonds. The van der Waals surface area contributed by atoms with Crippen LogP contribution >= 0.6 is 11.3 Å². The molecular weight excluding hydrogens is 250 g/mol. The van der Waals surface area contributed by atoms with Gasteiger partial charge in [0.05, 0.1) is 29.0 Å². The maximum Gasteiger partial charge on any atom is 0.255 e. The van der Waals surface area contributed by atoms with Gasteiger partial charge in [0.25, 0.3) is 5.91 Å². The Balaban J connectivity index is 2.09. The number of phenolic OH excluding ortho intramolecular Hbond substituents is 1. The van der Waals surface area contributed by atoms with Crippen LogP contribution in [0.4, 0.5) is 5.69 Å². The summed E-state index contributed by atoms with van der Waals surface area (Å²) in [5.74, 6) is -0.538. The second-order valence-electron chi connectivity index (χ2n) is 3.79. The number of nitrogens with two attached hydrogens (primary N) is 1. The molecule has 6 heteroatoms.